The van der Waals surface area contributed by atoms with Crippen molar-refractivity contribution in [2.24, 2.45) is 5.73 Å². The standard InChI is InChI=1S/C20H25N3O3S/c1-15-6-8-18(9-7-15)22(2)27(25,26)19-5-3-4-16(14-19)20(24)23-12-10-17(21)11-13-23/h3-9,14,17H,10-13,21H2,1-2H3. The van der Waals surface area contributed by atoms with E-state index in [1.54, 1.807) is 29.2 Å². The van der Waals surface area contributed by atoms with Crippen LogP contribution in [0.15, 0.2) is 53.4 Å². The van der Waals surface area contributed by atoms with Gasteiger partial charge in [0, 0.05) is 31.7 Å². The SMILES string of the molecule is Cc1ccc(N(C)S(=O)(=O)c2cccc(C(=O)N3CCC(N)CC3)c2)cc1. The number of nitrogens with zero attached hydrogens (tertiary/aromatic N) is 2. The lowest BCUT2D eigenvalue weighted by molar-refractivity contribution is 0.0714. The summed E-state index contributed by atoms with van der Waals surface area (Å²) < 4.78 is 27.2. The number of nitrogens with two attached hydrogens (primary N) is 1. The Balaban J connectivity index is 1.85. The fourth-order valence-corrected chi connectivity index (χ4v) is 4.37. The highest BCUT2D eigenvalue weighted by Crippen LogP contribution is 2.23. The number of amides is 1. The number of rotatable bonds is 4. The normalized spacial score (nSPS) is 15.6. The molecular weight excluding hydrogens is 362 g/mol. The average Bonchev–Trinajstić information content (AvgIpc) is 2.68. The van der Waals surface area contributed by atoms with Crippen molar-refractivity contribution in [2.75, 3.05) is 24.4 Å². The van der Waals surface area contributed by atoms with Gasteiger partial charge in [-0.1, -0.05) is 23.8 Å². The molecule has 7 heteroatoms. The first-order valence-electron chi connectivity index (χ1n) is 8.99. The van der Waals surface area contributed by atoms with Crippen molar-refractivity contribution in [1.29, 1.82) is 0 Å². The second kappa shape index (κ2) is 7.70. The molecule has 1 heterocycles. The molecule has 1 amide bonds. The van der Waals surface area contributed by atoms with E-state index in [1.807, 2.05) is 19.1 Å². The number of anilines is 1. The van der Waals surface area contributed by atoms with Gasteiger partial charge in [-0.15, -0.1) is 0 Å². The Labute approximate surface area is 160 Å². The van der Waals surface area contributed by atoms with Crippen LogP contribution in [0.5, 0.6) is 0 Å². The Morgan fingerprint density at radius 3 is 2.37 bits per heavy atom. The van der Waals surface area contributed by atoms with Crippen LogP contribution in [-0.4, -0.2) is 45.4 Å². The molecule has 0 spiro atoms. The van der Waals surface area contributed by atoms with Gasteiger partial charge in [-0.3, -0.25) is 9.10 Å². The highest BCUT2D eigenvalue weighted by molar-refractivity contribution is 7.92. The van der Waals surface area contributed by atoms with Gasteiger partial charge in [0.05, 0.1) is 10.6 Å². The van der Waals surface area contributed by atoms with Crippen LogP contribution in [0.1, 0.15) is 28.8 Å². The molecule has 0 unspecified atom stereocenters. The number of carbonyl (C=O) groups excluding carboxylic acids is 1. The number of aryl methyl sites for hydroxylation is 1. The minimum absolute atomic E-state index is 0.102. The summed E-state index contributed by atoms with van der Waals surface area (Å²) in [6.45, 7) is 3.14. The van der Waals surface area contributed by atoms with Gasteiger partial charge in [0.1, 0.15) is 0 Å². The van der Waals surface area contributed by atoms with Gasteiger partial charge in [-0.05, 0) is 50.1 Å². The van der Waals surface area contributed by atoms with Crippen molar-refractivity contribution in [2.45, 2.75) is 30.7 Å². The fourth-order valence-electron chi connectivity index (χ4n) is 3.13. The number of sulfonamides is 1. The van der Waals surface area contributed by atoms with E-state index in [0.29, 0.717) is 24.3 Å². The predicted octanol–water partition coefficient (Wildman–Crippen LogP) is 2.38. The second-order valence-electron chi connectivity index (χ2n) is 6.97. The van der Waals surface area contributed by atoms with Crippen LogP contribution < -0.4 is 10.0 Å². The minimum atomic E-state index is -3.76. The van der Waals surface area contributed by atoms with E-state index in [1.165, 1.54) is 23.5 Å². The summed E-state index contributed by atoms with van der Waals surface area (Å²) in [5, 5.41) is 0. The number of hydrogen-bond donors (Lipinski definition) is 1. The van der Waals surface area contributed by atoms with E-state index >= 15 is 0 Å². The van der Waals surface area contributed by atoms with Crippen LogP contribution in [-0.2, 0) is 10.0 Å². The Kier molecular flexibility index (Phi) is 5.53. The number of piperidine rings is 1. The van der Waals surface area contributed by atoms with Crippen LogP contribution in [0.2, 0.25) is 0 Å². The molecule has 0 atom stereocenters. The van der Waals surface area contributed by atoms with E-state index in [-0.39, 0.29) is 16.8 Å². The monoisotopic (exact) mass is 387 g/mol. The molecule has 0 aliphatic carbocycles. The Bertz CT molecular complexity index is 918. The van der Waals surface area contributed by atoms with E-state index in [4.69, 9.17) is 5.73 Å². The zero-order valence-electron chi connectivity index (χ0n) is 15.6. The summed E-state index contributed by atoms with van der Waals surface area (Å²) in [4.78, 5) is 14.6. The summed E-state index contributed by atoms with van der Waals surface area (Å²) in [5.41, 5.74) is 7.90. The first-order chi connectivity index (χ1) is 12.8. The highest BCUT2D eigenvalue weighted by atomic mass is 32.2. The summed E-state index contributed by atoms with van der Waals surface area (Å²) in [7, 11) is -2.24. The lowest BCUT2D eigenvalue weighted by Gasteiger charge is -2.30. The summed E-state index contributed by atoms with van der Waals surface area (Å²) in [5.74, 6) is -0.156. The van der Waals surface area contributed by atoms with Crippen molar-refractivity contribution < 1.29 is 13.2 Å². The van der Waals surface area contributed by atoms with Gasteiger partial charge in [0.25, 0.3) is 15.9 Å². The fraction of sp³-hybridized carbons (Fsp3) is 0.350. The van der Waals surface area contributed by atoms with Crippen LogP contribution in [0.4, 0.5) is 5.69 Å². The Morgan fingerprint density at radius 2 is 1.74 bits per heavy atom. The van der Waals surface area contributed by atoms with E-state index in [9.17, 15) is 13.2 Å². The van der Waals surface area contributed by atoms with Gasteiger partial charge in [0.2, 0.25) is 0 Å². The Morgan fingerprint density at radius 1 is 1.11 bits per heavy atom. The number of benzene rings is 2. The van der Waals surface area contributed by atoms with Gasteiger partial charge >= 0.3 is 0 Å². The Hall–Kier alpha value is -2.38. The third-order valence-electron chi connectivity index (χ3n) is 4.96. The zero-order chi connectivity index (χ0) is 19.6. The van der Waals surface area contributed by atoms with Gasteiger partial charge in [-0.25, -0.2) is 8.42 Å². The van der Waals surface area contributed by atoms with E-state index in [2.05, 4.69) is 0 Å². The maximum Gasteiger partial charge on any atom is 0.264 e. The quantitative estimate of drug-likeness (QED) is 0.873. The van der Waals surface area contributed by atoms with Gasteiger partial charge in [-0.2, -0.15) is 0 Å². The summed E-state index contributed by atoms with van der Waals surface area (Å²) in [6.07, 6.45) is 1.53. The number of likely N-dealkylation sites (tertiary alicyclic amines) is 1. The lowest BCUT2D eigenvalue weighted by atomic mass is 10.0. The smallest absolute Gasteiger partial charge is 0.264 e. The van der Waals surface area contributed by atoms with Crippen LogP contribution >= 0.6 is 0 Å². The van der Waals surface area contributed by atoms with Crippen LogP contribution in [0.25, 0.3) is 0 Å². The third kappa shape index (κ3) is 4.14. The maximum atomic E-state index is 13.0. The molecule has 1 saturated heterocycles. The average molecular weight is 388 g/mol. The van der Waals surface area contributed by atoms with Crippen molar-refractivity contribution in [3.63, 3.8) is 0 Å². The molecule has 0 saturated carbocycles. The van der Waals surface area contributed by atoms with Crippen molar-refractivity contribution >= 4 is 21.6 Å². The molecule has 1 aliphatic heterocycles. The summed E-state index contributed by atoms with van der Waals surface area (Å²) in [6, 6.07) is 13.6. The van der Waals surface area contributed by atoms with Gasteiger partial charge < -0.3 is 10.6 Å². The molecule has 2 aromatic rings. The van der Waals surface area contributed by atoms with E-state index in [0.717, 1.165) is 18.4 Å². The molecule has 0 radical (unpaired) electrons. The molecule has 1 fully saturated rings. The second-order valence-corrected chi connectivity index (χ2v) is 8.93. The number of carbonyl (C=O) groups is 1. The lowest BCUT2D eigenvalue weighted by Crippen LogP contribution is -2.42. The first kappa shape index (κ1) is 19.4. The predicted molar refractivity (Wildman–Crippen MR) is 106 cm³/mol. The van der Waals surface area contributed by atoms with Crippen LogP contribution in [0, 0.1) is 6.92 Å². The molecule has 0 aromatic heterocycles. The largest absolute Gasteiger partial charge is 0.339 e. The highest BCUT2D eigenvalue weighted by Gasteiger charge is 2.25. The van der Waals surface area contributed by atoms with Crippen molar-refractivity contribution in [3.8, 4) is 0 Å². The third-order valence-corrected chi connectivity index (χ3v) is 6.75. The van der Waals surface area contributed by atoms with Crippen molar-refractivity contribution in [1.82, 2.24) is 4.90 Å². The molecule has 1 aliphatic rings. The molecule has 0 bridgehead atoms. The number of hydrogen-bond acceptors (Lipinski definition) is 4. The first-order valence-corrected chi connectivity index (χ1v) is 10.4. The zero-order valence-corrected chi connectivity index (χ0v) is 16.4. The van der Waals surface area contributed by atoms with E-state index < -0.39 is 10.0 Å². The molecule has 2 aromatic carbocycles. The molecule has 3 rings (SSSR count). The maximum absolute atomic E-state index is 13.0. The molecular formula is C20H25N3O3S. The van der Waals surface area contributed by atoms with Crippen molar-refractivity contribution in [3.05, 3.63) is 59.7 Å². The topological polar surface area (TPSA) is 83.7 Å². The molecule has 27 heavy (non-hydrogen) atoms. The van der Waals surface area contributed by atoms with Crippen LogP contribution in [0.3, 0.4) is 0 Å². The van der Waals surface area contributed by atoms with Gasteiger partial charge in [0.15, 0.2) is 0 Å². The molecule has 6 nitrogen and oxygen atoms in total. The molecule has 2 N–H and O–H groups in total. The minimum Gasteiger partial charge on any atom is -0.339 e. The summed E-state index contributed by atoms with van der Waals surface area (Å²) >= 11 is 0. The molecule has 144 valence electrons.